The van der Waals surface area contributed by atoms with E-state index >= 15 is 0 Å². The van der Waals surface area contributed by atoms with E-state index in [4.69, 9.17) is 10.5 Å². The minimum Gasteiger partial charge on any atom is -0.491 e. The van der Waals surface area contributed by atoms with Crippen molar-refractivity contribution in [1.82, 2.24) is 15.0 Å². The van der Waals surface area contributed by atoms with Gasteiger partial charge >= 0.3 is 0 Å². The van der Waals surface area contributed by atoms with Crippen molar-refractivity contribution in [3.05, 3.63) is 65.6 Å². The molecule has 1 aliphatic heterocycles. The molecule has 0 amide bonds. The van der Waals surface area contributed by atoms with Gasteiger partial charge in [0.25, 0.3) is 0 Å². The first-order valence-corrected chi connectivity index (χ1v) is 9.74. The molecule has 0 spiro atoms. The van der Waals surface area contributed by atoms with Gasteiger partial charge in [0.2, 0.25) is 0 Å². The van der Waals surface area contributed by atoms with Gasteiger partial charge in [0, 0.05) is 24.4 Å². The summed E-state index contributed by atoms with van der Waals surface area (Å²) in [6.45, 7) is 3.75. The van der Waals surface area contributed by atoms with E-state index < -0.39 is 0 Å². The van der Waals surface area contributed by atoms with Crippen LogP contribution in [0.4, 0.5) is 11.5 Å². The number of rotatable bonds is 2. The quantitative estimate of drug-likeness (QED) is 0.534. The molecular weight excluding hydrogens is 376 g/mol. The van der Waals surface area contributed by atoms with Crippen molar-refractivity contribution in [2.75, 3.05) is 23.8 Å². The molecule has 0 aliphatic carbocycles. The van der Waals surface area contributed by atoms with Crippen LogP contribution in [0.3, 0.4) is 0 Å². The van der Waals surface area contributed by atoms with E-state index in [-0.39, 0.29) is 0 Å². The molecule has 0 saturated heterocycles. The fourth-order valence-electron chi connectivity index (χ4n) is 3.90. The Balaban J connectivity index is 1.53. The normalized spacial score (nSPS) is 13.4. The van der Waals surface area contributed by atoms with Gasteiger partial charge in [-0.25, -0.2) is 9.97 Å². The fourth-order valence-corrected chi connectivity index (χ4v) is 3.90. The summed E-state index contributed by atoms with van der Waals surface area (Å²) in [5.41, 5.74) is 12.4. The number of aromatic nitrogens is 3. The van der Waals surface area contributed by atoms with Crippen molar-refractivity contribution in [3.8, 4) is 22.9 Å². The number of nitrogens with zero attached hydrogens (tertiary/aromatic N) is 4. The van der Waals surface area contributed by atoms with E-state index in [1.807, 2.05) is 13.0 Å². The number of fused-ring (bicyclic) bond motifs is 2. The molecule has 0 saturated carbocycles. The smallest absolute Gasteiger partial charge is 0.125 e. The first kappa shape index (κ1) is 18.0. The Kier molecular flexibility index (Phi) is 4.25. The molecule has 7 nitrogen and oxygen atoms in total. The highest BCUT2D eigenvalue weighted by molar-refractivity contribution is 5.82. The van der Waals surface area contributed by atoms with Crippen LogP contribution in [-0.2, 0) is 6.54 Å². The molecule has 7 heteroatoms. The van der Waals surface area contributed by atoms with Crippen LogP contribution < -0.4 is 15.4 Å². The van der Waals surface area contributed by atoms with Gasteiger partial charge in [0.05, 0.1) is 28.8 Å². The lowest BCUT2D eigenvalue weighted by Crippen LogP contribution is -2.26. The molecule has 5 rings (SSSR count). The lowest BCUT2D eigenvalue weighted by molar-refractivity contribution is 0.331. The highest BCUT2D eigenvalue weighted by atomic mass is 16.5. The summed E-state index contributed by atoms with van der Waals surface area (Å²) in [4.78, 5) is 14.0. The van der Waals surface area contributed by atoms with Gasteiger partial charge in [-0.05, 0) is 42.3 Å². The highest BCUT2D eigenvalue weighted by Gasteiger charge is 2.19. The lowest BCUT2D eigenvalue weighted by atomic mass is 10.0. The van der Waals surface area contributed by atoms with E-state index in [9.17, 15) is 5.26 Å². The van der Waals surface area contributed by atoms with Crippen molar-refractivity contribution in [3.63, 3.8) is 0 Å². The Hall–Kier alpha value is -4.05. The van der Waals surface area contributed by atoms with Crippen LogP contribution in [0.1, 0.15) is 17.0 Å². The Labute approximate surface area is 173 Å². The molecular formula is C23H20N6O. The number of nitrogens with two attached hydrogens (primary N) is 1. The molecule has 3 heterocycles. The Bertz CT molecular complexity index is 1300. The third-order valence-electron chi connectivity index (χ3n) is 5.34. The van der Waals surface area contributed by atoms with Crippen molar-refractivity contribution in [1.29, 1.82) is 5.26 Å². The van der Waals surface area contributed by atoms with Crippen LogP contribution in [0.15, 0.2) is 48.7 Å². The van der Waals surface area contributed by atoms with Gasteiger partial charge in [-0.1, -0.05) is 12.1 Å². The molecule has 30 heavy (non-hydrogen) atoms. The number of benzene rings is 2. The number of pyridine rings is 1. The maximum atomic E-state index is 9.49. The molecule has 2 aromatic carbocycles. The Morgan fingerprint density at radius 2 is 2.00 bits per heavy atom. The number of nitrogens with one attached hydrogen (secondary N) is 1. The molecule has 148 valence electrons. The predicted molar refractivity (Wildman–Crippen MR) is 116 cm³/mol. The fraction of sp³-hybridized carbons (Fsp3) is 0.174. The van der Waals surface area contributed by atoms with Gasteiger partial charge in [0.15, 0.2) is 0 Å². The lowest BCUT2D eigenvalue weighted by Gasteiger charge is -2.23. The minimum absolute atomic E-state index is 0.394. The summed E-state index contributed by atoms with van der Waals surface area (Å²) in [7, 11) is 0. The molecule has 2 aromatic heterocycles. The van der Waals surface area contributed by atoms with Crippen molar-refractivity contribution >= 4 is 22.5 Å². The molecule has 0 bridgehead atoms. The maximum absolute atomic E-state index is 9.49. The second-order valence-electron chi connectivity index (χ2n) is 7.38. The Morgan fingerprint density at radius 1 is 1.17 bits per heavy atom. The van der Waals surface area contributed by atoms with E-state index in [1.165, 1.54) is 6.20 Å². The summed E-state index contributed by atoms with van der Waals surface area (Å²) in [5, 5.41) is 9.49. The molecule has 1 aliphatic rings. The number of nitrogen functional groups attached to an aromatic ring is 1. The van der Waals surface area contributed by atoms with Crippen LogP contribution in [0, 0.1) is 18.3 Å². The van der Waals surface area contributed by atoms with E-state index in [2.05, 4.69) is 56.3 Å². The van der Waals surface area contributed by atoms with Crippen molar-refractivity contribution in [2.24, 2.45) is 0 Å². The van der Waals surface area contributed by atoms with Gasteiger partial charge in [-0.3, -0.25) is 0 Å². The van der Waals surface area contributed by atoms with Crippen molar-refractivity contribution < 1.29 is 4.74 Å². The zero-order valence-corrected chi connectivity index (χ0v) is 16.5. The van der Waals surface area contributed by atoms with Crippen LogP contribution >= 0.6 is 0 Å². The molecule has 0 radical (unpaired) electrons. The topological polar surface area (TPSA) is 104 Å². The van der Waals surface area contributed by atoms with Crippen LogP contribution in [0.5, 0.6) is 5.75 Å². The second-order valence-corrected chi connectivity index (χ2v) is 7.38. The number of ether oxygens (including phenoxy) is 1. The van der Waals surface area contributed by atoms with Gasteiger partial charge in [-0.15, -0.1) is 0 Å². The zero-order valence-electron chi connectivity index (χ0n) is 16.5. The first-order chi connectivity index (χ1) is 14.6. The average molecular weight is 396 g/mol. The number of hydrogen-bond donors (Lipinski definition) is 2. The average Bonchev–Trinajstić information content (AvgIpc) is 2.99. The predicted octanol–water partition coefficient (Wildman–Crippen LogP) is 3.79. The second kappa shape index (κ2) is 7.08. The number of aryl methyl sites for hydroxylation is 1. The summed E-state index contributed by atoms with van der Waals surface area (Å²) in [6.07, 6.45) is 1.52. The third-order valence-corrected chi connectivity index (χ3v) is 5.34. The molecule has 0 fully saturated rings. The summed E-state index contributed by atoms with van der Waals surface area (Å²) >= 11 is 0. The van der Waals surface area contributed by atoms with Gasteiger partial charge < -0.3 is 20.4 Å². The van der Waals surface area contributed by atoms with E-state index in [1.54, 1.807) is 6.07 Å². The summed E-state index contributed by atoms with van der Waals surface area (Å²) in [6, 6.07) is 16.4. The number of H-pyrrole nitrogens is 1. The van der Waals surface area contributed by atoms with Crippen molar-refractivity contribution in [2.45, 2.75) is 13.5 Å². The minimum atomic E-state index is 0.394. The van der Waals surface area contributed by atoms with E-state index in [0.717, 1.165) is 45.0 Å². The number of imidazole rings is 1. The molecule has 0 unspecified atom stereocenters. The number of anilines is 2. The van der Waals surface area contributed by atoms with Crippen LogP contribution in [0.2, 0.25) is 0 Å². The highest BCUT2D eigenvalue weighted by Crippen LogP contribution is 2.33. The first-order valence-electron chi connectivity index (χ1n) is 9.74. The van der Waals surface area contributed by atoms with E-state index in [0.29, 0.717) is 31.1 Å². The maximum Gasteiger partial charge on any atom is 0.125 e. The molecule has 0 atom stereocenters. The van der Waals surface area contributed by atoms with Crippen LogP contribution in [-0.4, -0.2) is 28.1 Å². The number of hydrogen-bond acceptors (Lipinski definition) is 6. The monoisotopic (exact) mass is 396 g/mol. The number of aromatic amines is 1. The van der Waals surface area contributed by atoms with Gasteiger partial charge in [-0.2, -0.15) is 5.26 Å². The van der Waals surface area contributed by atoms with Gasteiger partial charge in [0.1, 0.15) is 30.1 Å². The standard InChI is InChI=1S/C23H20N6O/c1-14-27-19-4-2-16(9-20(19)28-14)15-3-5-22-17(8-15)13-29(6-7-30-22)21-10-23(25)26-12-18(21)11-24/h2-5,8-10,12H,6-7,13H2,1H3,(H2,25,26)(H,27,28). The largest absolute Gasteiger partial charge is 0.491 e. The summed E-state index contributed by atoms with van der Waals surface area (Å²) < 4.78 is 5.98. The third kappa shape index (κ3) is 3.18. The summed E-state index contributed by atoms with van der Waals surface area (Å²) in [5.74, 6) is 2.15. The molecule has 3 N–H and O–H groups in total. The number of nitriles is 1. The molecule has 4 aromatic rings. The zero-order chi connectivity index (χ0) is 20.7. The van der Waals surface area contributed by atoms with Crippen LogP contribution in [0.25, 0.3) is 22.2 Å². The SMILES string of the molecule is Cc1nc2cc(-c3ccc4c(c3)CN(c3cc(N)ncc3C#N)CCO4)ccc2[nH]1. The Morgan fingerprint density at radius 3 is 2.87 bits per heavy atom.